The number of carbonyl (C=O) groups excluding carboxylic acids is 4. The van der Waals surface area contributed by atoms with Crippen molar-refractivity contribution in [3.05, 3.63) is 90.0 Å². The van der Waals surface area contributed by atoms with Gasteiger partial charge in [-0.25, -0.2) is 14.4 Å². The lowest BCUT2D eigenvalue weighted by molar-refractivity contribution is -0.139. The van der Waals surface area contributed by atoms with Crippen LogP contribution in [0.3, 0.4) is 0 Å². The monoisotopic (exact) mass is 634 g/mol. The first-order valence-corrected chi connectivity index (χ1v) is 14.5. The van der Waals surface area contributed by atoms with Gasteiger partial charge in [-0.1, -0.05) is 18.7 Å². The molecule has 0 aliphatic heterocycles. The molecule has 4 rings (SSSR count). The van der Waals surface area contributed by atoms with Crippen molar-refractivity contribution in [3.8, 4) is 28.4 Å². The Balaban J connectivity index is 1.09. The predicted molar refractivity (Wildman–Crippen MR) is 163 cm³/mol. The molecule has 3 aromatic rings. The molecule has 1 aliphatic carbocycles. The van der Waals surface area contributed by atoms with Crippen molar-refractivity contribution in [2.75, 3.05) is 52.9 Å². The number of fused-ring (bicyclic) bond motifs is 3. The molecule has 1 aliphatic rings. The first-order chi connectivity index (χ1) is 22.3. The molecule has 12 nitrogen and oxygen atoms in total. The van der Waals surface area contributed by atoms with Gasteiger partial charge < -0.3 is 37.9 Å². The van der Waals surface area contributed by atoms with E-state index in [0.717, 1.165) is 28.3 Å². The third-order valence-electron chi connectivity index (χ3n) is 6.42. The largest absolute Gasteiger partial charge is 0.513 e. The highest BCUT2D eigenvalue weighted by atomic mass is 16.7. The molecule has 0 saturated heterocycles. The van der Waals surface area contributed by atoms with E-state index < -0.39 is 18.1 Å². The minimum atomic E-state index is -0.912. The van der Waals surface area contributed by atoms with Gasteiger partial charge in [0.1, 0.15) is 30.5 Å². The number of hydrogen-bond acceptors (Lipinski definition) is 12. The third kappa shape index (κ3) is 10.5. The summed E-state index contributed by atoms with van der Waals surface area (Å²) in [5, 5.41) is 0. The van der Waals surface area contributed by atoms with E-state index in [1.54, 1.807) is 12.1 Å². The number of rotatable bonds is 17. The van der Waals surface area contributed by atoms with Crippen LogP contribution in [0.1, 0.15) is 28.4 Å². The Morgan fingerprint density at radius 1 is 0.630 bits per heavy atom. The lowest BCUT2D eigenvalue weighted by Gasteiger charge is -2.09. The summed E-state index contributed by atoms with van der Waals surface area (Å²) >= 11 is 0. The molecule has 0 aromatic heterocycles. The molecule has 0 saturated carbocycles. The first-order valence-electron chi connectivity index (χ1n) is 14.5. The SMILES string of the molecule is C=CC(=O)OCCOCCOCCOCCOC(=O)Oc1ccc(C(=O)Oc2ccc3c(c2)Cc2cc(OC(C)=O)ccc2-3)cc1. The van der Waals surface area contributed by atoms with Gasteiger partial charge in [-0.15, -0.1) is 0 Å². The highest BCUT2D eigenvalue weighted by Crippen LogP contribution is 2.40. The van der Waals surface area contributed by atoms with E-state index in [9.17, 15) is 19.2 Å². The van der Waals surface area contributed by atoms with Crippen LogP contribution >= 0.6 is 0 Å². The van der Waals surface area contributed by atoms with Gasteiger partial charge in [-0.3, -0.25) is 4.79 Å². The molecule has 0 N–H and O–H groups in total. The van der Waals surface area contributed by atoms with Crippen molar-refractivity contribution < 1.29 is 57.1 Å². The second-order valence-corrected chi connectivity index (χ2v) is 9.73. The van der Waals surface area contributed by atoms with Gasteiger partial charge >= 0.3 is 24.1 Å². The zero-order valence-electron chi connectivity index (χ0n) is 25.3. The Morgan fingerprint density at radius 3 is 1.67 bits per heavy atom. The normalized spacial score (nSPS) is 11.2. The van der Waals surface area contributed by atoms with Gasteiger partial charge in [-0.05, 0) is 77.2 Å². The molecule has 242 valence electrons. The van der Waals surface area contributed by atoms with Gasteiger partial charge in [0, 0.05) is 13.0 Å². The van der Waals surface area contributed by atoms with E-state index in [1.165, 1.54) is 31.2 Å². The molecule has 0 heterocycles. The summed E-state index contributed by atoms with van der Waals surface area (Å²) in [6.45, 7) is 6.51. The van der Waals surface area contributed by atoms with Crippen molar-refractivity contribution in [1.29, 1.82) is 0 Å². The lowest BCUT2D eigenvalue weighted by Crippen LogP contribution is -2.16. The van der Waals surface area contributed by atoms with Crippen LogP contribution in [0.4, 0.5) is 4.79 Å². The second-order valence-electron chi connectivity index (χ2n) is 9.73. The van der Waals surface area contributed by atoms with E-state index in [4.69, 9.17) is 37.9 Å². The summed E-state index contributed by atoms with van der Waals surface area (Å²) in [4.78, 5) is 46.8. The Bertz CT molecular complexity index is 1530. The fourth-order valence-corrected chi connectivity index (χ4v) is 4.39. The van der Waals surface area contributed by atoms with E-state index in [2.05, 4.69) is 6.58 Å². The number of ether oxygens (including phenoxy) is 8. The zero-order chi connectivity index (χ0) is 32.7. The standard InChI is InChI=1S/C34H34O12/c1-3-32(36)42-18-16-40-14-12-39-13-15-41-17-19-43-34(38)46-27-6-4-24(5-7-27)33(37)45-29-9-11-31-26(22-29)20-25-21-28(44-23(2)35)8-10-30(25)31/h3-11,21-22H,1,12-20H2,2H3. The van der Waals surface area contributed by atoms with Gasteiger partial charge in [0.2, 0.25) is 0 Å². The number of hydrogen-bond donors (Lipinski definition) is 0. The van der Waals surface area contributed by atoms with E-state index in [-0.39, 0.29) is 43.7 Å². The van der Waals surface area contributed by atoms with Crippen LogP contribution in [0.25, 0.3) is 11.1 Å². The number of carbonyl (C=O) groups is 4. The van der Waals surface area contributed by atoms with Gasteiger partial charge in [0.25, 0.3) is 0 Å². The van der Waals surface area contributed by atoms with E-state index >= 15 is 0 Å². The van der Waals surface area contributed by atoms with Gasteiger partial charge in [0.15, 0.2) is 0 Å². The maximum absolute atomic E-state index is 12.7. The maximum atomic E-state index is 12.7. The first kappa shape index (κ1) is 33.8. The average molecular weight is 635 g/mol. The van der Waals surface area contributed by atoms with Crippen molar-refractivity contribution in [2.24, 2.45) is 0 Å². The molecule has 0 spiro atoms. The van der Waals surface area contributed by atoms with Crippen LogP contribution in [-0.4, -0.2) is 76.9 Å². The highest BCUT2D eigenvalue weighted by molar-refractivity contribution is 5.91. The van der Waals surface area contributed by atoms with Gasteiger partial charge in [-0.2, -0.15) is 0 Å². The van der Waals surface area contributed by atoms with Crippen LogP contribution in [0.5, 0.6) is 17.2 Å². The fourth-order valence-electron chi connectivity index (χ4n) is 4.39. The van der Waals surface area contributed by atoms with Crippen molar-refractivity contribution in [3.63, 3.8) is 0 Å². The quantitative estimate of drug-likeness (QED) is 0.0523. The Labute approximate surface area is 265 Å². The summed E-state index contributed by atoms with van der Waals surface area (Å²) in [6.07, 6.45) is 0.788. The molecule has 12 heteroatoms. The Hall–Kier alpha value is -5.04. The van der Waals surface area contributed by atoms with Crippen LogP contribution in [0, 0.1) is 0 Å². The predicted octanol–water partition coefficient (Wildman–Crippen LogP) is 4.70. The molecule has 0 amide bonds. The second kappa shape index (κ2) is 17.4. The third-order valence-corrected chi connectivity index (χ3v) is 6.42. The summed E-state index contributed by atoms with van der Waals surface area (Å²) in [5.41, 5.74) is 4.35. The highest BCUT2D eigenvalue weighted by Gasteiger charge is 2.21. The lowest BCUT2D eigenvalue weighted by atomic mass is 10.1. The smallest absolute Gasteiger partial charge is 0.460 e. The maximum Gasteiger partial charge on any atom is 0.513 e. The van der Waals surface area contributed by atoms with E-state index in [1.807, 2.05) is 24.3 Å². The summed E-state index contributed by atoms with van der Waals surface area (Å²) in [6, 6.07) is 16.8. The zero-order valence-corrected chi connectivity index (χ0v) is 25.3. The van der Waals surface area contributed by atoms with Gasteiger partial charge in [0.05, 0.1) is 45.2 Å². The van der Waals surface area contributed by atoms with Crippen LogP contribution in [-0.2, 0) is 39.7 Å². The molecule has 0 unspecified atom stereocenters. The molecule has 0 atom stereocenters. The number of benzene rings is 3. The molecule has 0 bridgehead atoms. The summed E-state index contributed by atoms with van der Waals surface area (Å²) in [7, 11) is 0. The molecule has 0 fully saturated rings. The topological polar surface area (TPSA) is 142 Å². The molecule has 0 radical (unpaired) electrons. The van der Waals surface area contributed by atoms with Crippen LogP contribution in [0.2, 0.25) is 0 Å². The number of esters is 3. The van der Waals surface area contributed by atoms with Crippen molar-refractivity contribution in [2.45, 2.75) is 13.3 Å². The van der Waals surface area contributed by atoms with Crippen molar-refractivity contribution >= 4 is 24.1 Å². The van der Waals surface area contributed by atoms with E-state index in [0.29, 0.717) is 44.3 Å². The average Bonchev–Trinajstić information content (AvgIpc) is 3.40. The molecule has 46 heavy (non-hydrogen) atoms. The van der Waals surface area contributed by atoms with Crippen LogP contribution < -0.4 is 14.2 Å². The Morgan fingerprint density at radius 2 is 1.13 bits per heavy atom. The van der Waals surface area contributed by atoms with Crippen molar-refractivity contribution in [1.82, 2.24) is 0 Å². The summed E-state index contributed by atoms with van der Waals surface area (Å²) < 4.78 is 41.6. The Kier molecular flexibility index (Phi) is 12.8. The summed E-state index contributed by atoms with van der Waals surface area (Å²) in [5.74, 6) is -0.371. The molecular formula is C34H34O12. The minimum absolute atomic E-state index is 0.0189. The minimum Gasteiger partial charge on any atom is -0.460 e. The fraction of sp³-hybridized carbons (Fsp3) is 0.294. The molecular weight excluding hydrogens is 600 g/mol. The van der Waals surface area contributed by atoms with Crippen LogP contribution in [0.15, 0.2) is 73.3 Å². The molecule has 3 aromatic carbocycles.